The molecule has 5 aliphatic rings. The van der Waals surface area contributed by atoms with E-state index in [1.807, 2.05) is 32.2 Å². The lowest BCUT2D eigenvalue weighted by Gasteiger charge is -2.30. The van der Waals surface area contributed by atoms with Crippen molar-refractivity contribution in [2.24, 2.45) is 16.6 Å². The molecule has 5 N–H and O–H groups in total. The van der Waals surface area contributed by atoms with Crippen LogP contribution in [0.15, 0.2) is 72.2 Å². The lowest BCUT2D eigenvalue weighted by Crippen LogP contribution is -2.54. The van der Waals surface area contributed by atoms with Gasteiger partial charge in [0.1, 0.15) is 5.66 Å². The van der Waals surface area contributed by atoms with Crippen LogP contribution in [-0.4, -0.2) is 83.2 Å². The molecule has 1 aromatic carbocycles. The number of allylic oxidation sites excluding steroid dienone is 3. The van der Waals surface area contributed by atoms with Crippen LogP contribution in [0.3, 0.4) is 0 Å². The first kappa shape index (κ1) is 37.5. The van der Waals surface area contributed by atoms with E-state index in [0.29, 0.717) is 54.2 Å². The molecule has 5 heterocycles. The molecule has 2 saturated heterocycles. The van der Waals surface area contributed by atoms with Gasteiger partial charge in [0.05, 0.1) is 30.7 Å². The number of nitrogens with zero attached hydrogens (tertiary/aromatic N) is 3. The van der Waals surface area contributed by atoms with E-state index in [0.717, 1.165) is 55.0 Å². The van der Waals surface area contributed by atoms with Crippen molar-refractivity contribution in [3.63, 3.8) is 0 Å². The minimum Gasteiger partial charge on any atom is -0.493 e. The fourth-order valence-corrected chi connectivity index (χ4v) is 8.00. The smallest absolute Gasteiger partial charge is 0.257 e. The first-order valence-electron chi connectivity index (χ1n) is 18.7. The van der Waals surface area contributed by atoms with Gasteiger partial charge < -0.3 is 40.3 Å². The van der Waals surface area contributed by atoms with Gasteiger partial charge in [-0.1, -0.05) is 40.0 Å². The molecule has 3 aromatic rings. The van der Waals surface area contributed by atoms with Gasteiger partial charge in [-0.3, -0.25) is 14.6 Å². The second kappa shape index (κ2) is 15.8. The maximum atomic E-state index is 13.1. The number of fused-ring (bicyclic) bond motifs is 6. The molecule has 2 aromatic heterocycles. The van der Waals surface area contributed by atoms with Crippen LogP contribution in [0.5, 0.6) is 11.5 Å². The number of likely N-dealkylation sites (tertiary alicyclic amines) is 1. The molecule has 0 spiro atoms. The number of aliphatic imine (C=N–C) groups is 1. The van der Waals surface area contributed by atoms with Crippen molar-refractivity contribution in [2.45, 2.75) is 70.5 Å². The molecule has 11 nitrogen and oxygen atoms in total. The monoisotopic (exact) mass is 719 g/mol. The molecular formula is C42H53N7O4. The number of rotatable bonds is 9. The molecule has 0 bridgehead atoms. The molecule has 2 fully saturated rings. The van der Waals surface area contributed by atoms with Crippen LogP contribution in [0.4, 0.5) is 5.69 Å². The molecule has 3 unspecified atom stereocenters. The van der Waals surface area contributed by atoms with Crippen LogP contribution in [0, 0.1) is 5.92 Å². The molecule has 11 heteroatoms. The third-order valence-electron chi connectivity index (χ3n) is 10.6. The summed E-state index contributed by atoms with van der Waals surface area (Å²) in [6.07, 6.45) is 15.4. The van der Waals surface area contributed by atoms with E-state index in [-0.39, 0.29) is 17.7 Å². The Morgan fingerprint density at radius 3 is 2.81 bits per heavy atom. The Morgan fingerprint density at radius 2 is 2.04 bits per heavy atom. The summed E-state index contributed by atoms with van der Waals surface area (Å²) in [7, 11) is 3.63. The van der Waals surface area contributed by atoms with Gasteiger partial charge in [-0.2, -0.15) is 0 Å². The first-order valence-corrected chi connectivity index (χ1v) is 18.7. The fourth-order valence-electron chi connectivity index (χ4n) is 8.00. The SMILES string of the molecule is C=Cc1cc2c([nH]1)C=CC(NC(=C)CCCOc1cc3c(cc1OC)C(=O)N1CCCC1(N)C=N3)C2.CC.C[C@@H]1CN(C)C2=CC(=O)c3[nH]ccc3C21. The van der Waals surface area contributed by atoms with Crippen molar-refractivity contribution in [1.82, 2.24) is 25.1 Å². The zero-order chi connectivity index (χ0) is 37.9. The van der Waals surface area contributed by atoms with Gasteiger partial charge in [0.25, 0.3) is 5.91 Å². The summed E-state index contributed by atoms with van der Waals surface area (Å²) in [5.74, 6) is 2.05. The number of aromatic nitrogens is 2. The highest BCUT2D eigenvalue weighted by Gasteiger charge is 2.42. The number of nitrogens with two attached hydrogens (primary N) is 1. The van der Waals surface area contributed by atoms with Crippen molar-refractivity contribution in [1.29, 1.82) is 0 Å². The summed E-state index contributed by atoms with van der Waals surface area (Å²) in [6, 6.07) is 7.86. The van der Waals surface area contributed by atoms with Crippen molar-refractivity contribution < 1.29 is 19.1 Å². The minimum absolute atomic E-state index is 0.113. The van der Waals surface area contributed by atoms with E-state index in [2.05, 4.69) is 70.5 Å². The minimum atomic E-state index is -0.831. The van der Waals surface area contributed by atoms with E-state index >= 15 is 0 Å². The van der Waals surface area contributed by atoms with Gasteiger partial charge in [-0.25, -0.2) is 0 Å². The lowest BCUT2D eigenvalue weighted by atomic mass is 9.83. The number of ketones is 1. The number of hydrogen-bond acceptors (Lipinski definition) is 8. The van der Waals surface area contributed by atoms with Crippen molar-refractivity contribution >= 4 is 35.7 Å². The predicted octanol–water partition coefficient (Wildman–Crippen LogP) is 6.96. The highest BCUT2D eigenvalue weighted by Crippen LogP contribution is 2.44. The molecule has 4 atom stereocenters. The summed E-state index contributed by atoms with van der Waals surface area (Å²) in [6.45, 7) is 16.4. The van der Waals surface area contributed by atoms with Crippen LogP contribution in [0.25, 0.3) is 12.2 Å². The molecule has 1 amide bonds. The zero-order valence-corrected chi connectivity index (χ0v) is 31.6. The first-order chi connectivity index (χ1) is 25.6. The normalized spacial score (nSPS) is 23.1. The van der Waals surface area contributed by atoms with E-state index < -0.39 is 5.66 Å². The Labute approximate surface area is 312 Å². The number of hydrogen-bond donors (Lipinski definition) is 4. The zero-order valence-electron chi connectivity index (χ0n) is 31.6. The Kier molecular flexibility index (Phi) is 11.1. The van der Waals surface area contributed by atoms with Gasteiger partial charge in [-0.15, -0.1) is 0 Å². The van der Waals surface area contributed by atoms with Gasteiger partial charge in [0, 0.05) is 79.4 Å². The maximum absolute atomic E-state index is 13.1. The van der Waals surface area contributed by atoms with Crippen LogP contribution in [-0.2, 0) is 6.42 Å². The number of carbonyl (C=O) groups excluding carboxylic acids is 2. The van der Waals surface area contributed by atoms with E-state index in [9.17, 15) is 9.59 Å². The number of likely N-dealkylation sites (N-methyl/N-ethyl adjacent to an activating group) is 1. The van der Waals surface area contributed by atoms with Crippen molar-refractivity contribution in [3.8, 4) is 11.5 Å². The van der Waals surface area contributed by atoms with Crippen LogP contribution >= 0.6 is 0 Å². The number of benzene rings is 1. The number of H-pyrrole nitrogens is 2. The second-order valence-electron chi connectivity index (χ2n) is 14.1. The quantitative estimate of drug-likeness (QED) is 0.175. The largest absolute Gasteiger partial charge is 0.493 e. The van der Waals surface area contributed by atoms with Gasteiger partial charge in [0.15, 0.2) is 11.5 Å². The standard InChI is InChI=1S/C28H33N5O3.C12H14N2O.C2H6/c1-4-20-13-19-14-21(8-9-23(19)32-20)31-18(2)7-5-12-36-26-16-24-22(15-25(26)35-3)27(34)33-11-6-10-28(33,29)17-30-24;1-7-6-14(2)9-5-10(15)12-8(11(7)9)3-4-13-12;1-2/h4,8-9,13,15-17,21,31-32H,1-2,5-7,10-12,14,29H2,3H3;3-5,7,11,13H,6H2,1-2H3;1-2H3/t;7-,11?;/m.1./s1. The van der Waals surface area contributed by atoms with E-state index in [4.69, 9.17) is 15.2 Å². The summed E-state index contributed by atoms with van der Waals surface area (Å²) in [5, 5.41) is 3.51. The molecule has 3 aliphatic heterocycles. The average Bonchev–Trinajstić information content (AvgIpc) is 3.95. The van der Waals surface area contributed by atoms with Crippen molar-refractivity contribution in [3.05, 3.63) is 101 Å². The summed E-state index contributed by atoms with van der Waals surface area (Å²) in [4.78, 5) is 39.8. The molecule has 2 aliphatic carbocycles. The number of amides is 1. The number of nitrogens with one attached hydrogen (secondary N) is 3. The molecule has 0 saturated carbocycles. The van der Waals surface area contributed by atoms with Crippen LogP contribution < -0.4 is 20.5 Å². The number of carbonyl (C=O) groups is 2. The Balaban J connectivity index is 0.000000234. The van der Waals surface area contributed by atoms with Gasteiger partial charge >= 0.3 is 0 Å². The lowest BCUT2D eigenvalue weighted by molar-refractivity contribution is 0.0701. The van der Waals surface area contributed by atoms with Crippen molar-refractivity contribution in [2.75, 3.05) is 33.9 Å². The maximum Gasteiger partial charge on any atom is 0.257 e. The molecule has 0 radical (unpaired) electrons. The number of ether oxygens (including phenoxy) is 2. The summed E-state index contributed by atoms with van der Waals surface area (Å²) in [5.41, 5.74) is 14.2. The predicted molar refractivity (Wildman–Crippen MR) is 212 cm³/mol. The van der Waals surface area contributed by atoms with Gasteiger partial charge in [0.2, 0.25) is 5.78 Å². The molecule has 53 heavy (non-hydrogen) atoms. The number of aromatic amines is 2. The highest BCUT2D eigenvalue weighted by molar-refractivity contribution is 6.06. The Hall–Kier alpha value is -5.29. The third-order valence-corrected chi connectivity index (χ3v) is 10.6. The topological polar surface area (TPSA) is 141 Å². The molecule has 280 valence electrons. The summed E-state index contributed by atoms with van der Waals surface area (Å²) >= 11 is 0. The van der Waals surface area contributed by atoms with E-state index in [1.54, 1.807) is 36.4 Å². The number of methoxy groups -OCH3 is 1. The molecular weight excluding hydrogens is 667 g/mol. The Bertz CT molecular complexity index is 1970. The van der Waals surface area contributed by atoms with Crippen LogP contribution in [0.2, 0.25) is 0 Å². The fraction of sp³-hybridized carbons (Fsp3) is 0.405. The summed E-state index contributed by atoms with van der Waals surface area (Å²) < 4.78 is 11.6. The van der Waals surface area contributed by atoms with Gasteiger partial charge in [-0.05, 0) is 79.5 Å². The third kappa shape index (κ3) is 7.48. The van der Waals surface area contributed by atoms with E-state index in [1.165, 1.54) is 16.8 Å². The van der Waals surface area contributed by atoms with Crippen LogP contribution in [0.1, 0.15) is 95.7 Å². The highest BCUT2D eigenvalue weighted by atomic mass is 16.5. The second-order valence-corrected chi connectivity index (χ2v) is 14.1. The average molecular weight is 720 g/mol. The Morgan fingerprint density at radius 1 is 1.23 bits per heavy atom. The molecule has 8 rings (SSSR count).